The van der Waals surface area contributed by atoms with Gasteiger partial charge in [0.15, 0.2) is 0 Å². The van der Waals surface area contributed by atoms with Gasteiger partial charge in [-0.15, -0.1) is 0 Å². The molecule has 2 aromatic carbocycles. The maximum absolute atomic E-state index is 13.3. The standard InChI is InChI=1S/C18H14F4N4O/c1-27-15-5-3-2-4-14(15)25-16-13(18(20,21)22)10-23-17(26-16)24-12-8-6-11(19)7-9-12/h2-10H,1H3,(H2,23,24,25,26). The first kappa shape index (κ1) is 18.4. The van der Waals surface area contributed by atoms with Crippen LogP contribution in [0.2, 0.25) is 0 Å². The van der Waals surface area contributed by atoms with Gasteiger partial charge in [0.25, 0.3) is 0 Å². The quantitative estimate of drug-likeness (QED) is 0.603. The molecule has 0 saturated heterocycles. The number of alkyl halides is 3. The summed E-state index contributed by atoms with van der Waals surface area (Å²) in [5.74, 6) is -0.594. The number of nitrogens with one attached hydrogen (secondary N) is 2. The molecule has 0 bridgehead atoms. The van der Waals surface area contributed by atoms with E-state index in [4.69, 9.17) is 4.74 Å². The van der Waals surface area contributed by atoms with Gasteiger partial charge in [-0.25, -0.2) is 9.37 Å². The average Bonchev–Trinajstić information content (AvgIpc) is 2.63. The summed E-state index contributed by atoms with van der Waals surface area (Å²) >= 11 is 0. The Morgan fingerprint density at radius 2 is 1.67 bits per heavy atom. The number of benzene rings is 2. The van der Waals surface area contributed by atoms with Crippen LogP contribution in [0.3, 0.4) is 0 Å². The molecule has 0 aliphatic rings. The largest absolute Gasteiger partial charge is 0.495 e. The van der Waals surface area contributed by atoms with E-state index in [0.717, 1.165) is 0 Å². The topological polar surface area (TPSA) is 59.1 Å². The summed E-state index contributed by atoms with van der Waals surface area (Å²) in [5.41, 5.74) is -0.283. The molecule has 3 aromatic rings. The van der Waals surface area contributed by atoms with Crippen molar-refractivity contribution in [3.8, 4) is 5.75 Å². The van der Waals surface area contributed by atoms with Crippen molar-refractivity contribution in [2.45, 2.75) is 6.18 Å². The van der Waals surface area contributed by atoms with E-state index in [9.17, 15) is 17.6 Å². The van der Waals surface area contributed by atoms with E-state index in [1.807, 2.05) is 0 Å². The number of hydrogen-bond donors (Lipinski definition) is 2. The van der Waals surface area contributed by atoms with E-state index in [-0.39, 0.29) is 5.95 Å². The fourth-order valence-corrected chi connectivity index (χ4v) is 2.28. The maximum atomic E-state index is 13.3. The van der Waals surface area contributed by atoms with E-state index in [0.29, 0.717) is 23.3 Å². The van der Waals surface area contributed by atoms with E-state index in [1.54, 1.807) is 24.3 Å². The fraction of sp³-hybridized carbons (Fsp3) is 0.111. The van der Waals surface area contributed by atoms with Crippen LogP contribution in [0, 0.1) is 5.82 Å². The summed E-state index contributed by atoms with van der Waals surface area (Å²) in [7, 11) is 1.41. The fourth-order valence-electron chi connectivity index (χ4n) is 2.28. The number of ether oxygens (including phenoxy) is 1. The Kier molecular flexibility index (Phi) is 5.11. The van der Waals surface area contributed by atoms with Gasteiger partial charge in [-0.3, -0.25) is 0 Å². The number of methoxy groups -OCH3 is 1. The molecule has 1 heterocycles. The molecule has 0 fully saturated rings. The molecule has 0 aliphatic carbocycles. The highest BCUT2D eigenvalue weighted by molar-refractivity contribution is 5.67. The Bertz CT molecular complexity index is 929. The van der Waals surface area contributed by atoms with Crippen LogP contribution in [0.15, 0.2) is 54.7 Å². The highest BCUT2D eigenvalue weighted by Gasteiger charge is 2.35. The third kappa shape index (κ3) is 4.43. The van der Waals surface area contributed by atoms with Gasteiger partial charge in [-0.2, -0.15) is 18.2 Å². The second-order valence-corrected chi connectivity index (χ2v) is 5.41. The van der Waals surface area contributed by atoms with Crippen molar-refractivity contribution in [3.05, 3.63) is 66.1 Å². The molecule has 0 amide bonds. The van der Waals surface area contributed by atoms with Gasteiger partial charge in [-0.1, -0.05) is 12.1 Å². The second-order valence-electron chi connectivity index (χ2n) is 5.41. The Balaban J connectivity index is 1.97. The average molecular weight is 378 g/mol. The first-order valence-electron chi connectivity index (χ1n) is 7.73. The minimum Gasteiger partial charge on any atom is -0.495 e. The van der Waals surface area contributed by atoms with E-state index < -0.39 is 23.4 Å². The molecular formula is C18H14F4N4O. The van der Waals surface area contributed by atoms with Crippen LogP contribution in [-0.4, -0.2) is 17.1 Å². The van der Waals surface area contributed by atoms with Crippen LogP contribution in [0.1, 0.15) is 5.56 Å². The molecule has 5 nitrogen and oxygen atoms in total. The first-order chi connectivity index (χ1) is 12.9. The van der Waals surface area contributed by atoms with Gasteiger partial charge in [0, 0.05) is 11.9 Å². The van der Waals surface area contributed by atoms with Gasteiger partial charge >= 0.3 is 6.18 Å². The van der Waals surface area contributed by atoms with Crippen molar-refractivity contribution < 1.29 is 22.3 Å². The van der Waals surface area contributed by atoms with Crippen molar-refractivity contribution in [3.63, 3.8) is 0 Å². The van der Waals surface area contributed by atoms with Crippen molar-refractivity contribution in [1.82, 2.24) is 9.97 Å². The van der Waals surface area contributed by atoms with Crippen LogP contribution in [0.25, 0.3) is 0 Å². The Hall–Kier alpha value is -3.36. The number of nitrogens with zero attached hydrogens (tertiary/aromatic N) is 2. The molecule has 1 aromatic heterocycles. The number of anilines is 4. The zero-order valence-corrected chi connectivity index (χ0v) is 14.0. The van der Waals surface area contributed by atoms with Gasteiger partial charge in [0.05, 0.1) is 12.8 Å². The minimum atomic E-state index is -4.65. The summed E-state index contributed by atoms with van der Waals surface area (Å²) < 4.78 is 58.1. The molecule has 0 saturated carbocycles. The van der Waals surface area contributed by atoms with Crippen molar-refractivity contribution >= 4 is 23.1 Å². The Labute approximate surface area is 152 Å². The third-order valence-corrected chi connectivity index (χ3v) is 3.55. The number of para-hydroxylation sites is 2. The lowest BCUT2D eigenvalue weighted by Gasteiger charge is -2.16. The number of halogens is 4. The lowest BCUT2D eigenvalue weighted by Crippen LogP contribution is -2.13. The predicted molar refractivity (Wildman–Crippen MR) is 93.0 cm³/mol. The van der Waals surface area contributed by atoms with Crippen molar-refractivity contribution in [2.75, 3.05) is 17.7 Å². The van der Waals surface area contributed by atoms with Crippen LogP contribution in [0.4, 0.5) is 40.7 Å². The summed E-state index contributed by atoms with van der Waals surface area (Å²) in [6.45, 7) is 0. The Morgan fingerprint density at radius 1 is 0.963 bits per heavy atom. The summed E-state index contributed by atoms with van der Waals surface area (Å²) in [5, 5.41) is 5.37. The molecule has 3 rings (SSSR count). The molecule has 0 unspecified atom stereocenters. The SMILES string of the molecule is COc1ccccc1Nc1nc(Nc2ccc(F)cc2)ncc1C(F)(F)F. The van der Waals surface area contributed by atoms with Crippen molar-refractivity contribution in [2.24, 2.45) is 0 Å². The van der Waals surface area contributed by atoms with E-state index >= 15 is 0 Å². The number of aromatic nitrogens is 2. The molecule has 140 valence electrons. The maximum Gasteiger partial charge on any atom is 0.421 e. The zero-order valence-electron chi connectivity index (χ0n) is 14.0. The van der Waals surface area contributed by atoms with Gasteiger partial charge in [0.1, 0.15) is 22.9 Å². The molecule has 2 N–H and O–H groups in total. The number of rotatable bonds is 5. The van der Waals surface area contributed by atoms with Gasteiger partial charge in [0.2, 0.25) is 5.95 Å². The highest BCUT2D eigenvalue weighted by Crippen LogP contribution is 2.36. The molecule has 0 atom stereocenters. The first-order valence-corrected chi connectivity index (χ1v) is 7.73. The van der Waals surface area contributed by atoms with E-state index in [1.165, 1.54) is 31.4 Å². The highest BCUT2D eigenvalue weighted by atomic mass is 19.4. The van der Waals surface area contributed by atoms with Gasteiger partial charge in [-0.05, 0) is 36.4 Å². The van der Waals surface area contributed by atoms with Crippen LogP contribution in [-0.2, 0) is 6.18 Å². The molecular weight excluding hydrogens is 364 g/mol. The Morgan fingerprint density at radius 3 is 2.33 bits per heavy atom. The summed E-state index contributed by atoms with van der Waals surface area (Å²) in [6.07, 6.45) is -3.98. The van der Waals surface area contributed by atoms with Crippen LogP contribution in [0.5, 0.6) is 5.75 Å². The molecule has 27 heavy (non-hydrogen) atoms. The number of hydrogen-bond acceptors (Lipinski definition) is 5. The molecule has 9 heteroatoms. The molecule has 0 aliphatic heterocycles. The monoisotopic (exact) mass is 378 g/mol. The third-order valence-electron chi connectivity index (χ3n) is 3.55. The summed E-state index contributed by atoms with van der Waals surface area (Å²) in [4.78, 5) is 7.63. The lowest BCUT2D eigenvalue weighted by atomic mass is 10.2. The zero-order chi connectivity index (χ0) is 19.4. The molecule has 0 spiro atoms. The predicted octanol–water partition coefficient (Wildman–Crippen LogP) is 5.13. The second kappa shape index (κ2) is 7.48. The van der Waals surface area contributed by atoms with Crippen molar-refractivity contribution in [1.29, 1.82) is 0 Å². The minimum absolute atomic E-state index is 0.0768. The van der Waals surface area contributed by atoms with E-state index in [2.05, 4.69) is 20.6 Å². The normalized spacial score (nSPS) is 11.1. The smallest absolute Gasteiger partial charge is 0.421 e. The molecule has 0 radical (unpaired) electrons. The van der Waals surface area contributed by atoms with Crippen LogP contribution < -0.4 is 15.4 Å². The summed E-state index contributed by atoms with van der Waals surface area (Å²) in [6, 6.07) is 11.8. The lowest BCUT2D eigenvalue weighted by molar-refractivity contribution is -0.137. The van der Waals surface area contributed by atoms with Gasteiger partial charge < -0.3 is 15.4 Å². The van der Waals surface area contributed by atoms with Crippen LogP contribution >= 0.6 is 0 Å².